The molecular weight excluding hydrogens is 1010 g/mol. The molecule has 8 rings (SSSR count). The van der Waals surface area contributed by atoms with Crippen LogP contribution in [0.15, 0.2) is 101 Å². The number of nitrogens with one attached hydrogen (secondary N) is 2. The van der Waals surface area contributed by atoms with Crippen molar-refractivity contribution in [3.63, 3.8) is 0 Å². The summed E-state index contributed by atoms with van der Waals surface area (Å²) in [5.74, 6) is 3.69. The fraction of sp³-hybridized carbons (Fsp3) is 0.571. The van der Waals surface area contributed by atoms with Crippen molar-refractivity contribution in [3.05, 3.63) is 119 Å². The van der Waals surface area contributed by atoms with Crippen LogP contribution >= 0.6 is 0 Å². The SMILES string of the molecule is CCCC1c2ccc(O)cc2CC(CCCC2c3ccc([OH2+])cc3CCC2NCC2CCC(CCCS(=O)(=O)c3ccccc3F)CC2)C1NCC1CCC(C[I-]S(=O)(=O)c2ccccc2)CC1. The quantitative estimate of drug-likeness (QED) is 0.0332. The first-order valence-corrected chi connectivity index (χ1v) is 33.1. The molecule has 0 bridgehead atoms. The number of aryl methyl sites for hydroxylation is 1. The van der Waals surface area contributed by atoms with Gasteiger partial charge in [-0.25, -0.2) is 12.8 Å². The van der Waals surface area contributed by atoms with Gasteiger partial charge in [0.25, 0.3) is 5.75 Å². The molecule has 4 aliphatic carbocycles. The van der Waals surface area contributed by atoms with Gasteiger partial charge in [-0.05, 0) is 92.1 Å². The molecule has 5 N–H and O–H groups in total. The summed E-state index contributed by atoms with van der Waals surface area (Å²) in [6.45, 7) is 4.28. The van der Waals surface area contributed by atoms with Gasteiger partial charge in [0.2, 0.25) is 0 Å². The van der Waals surface area contributed by atoms with Gasteiger partial charge in [0, 0.05) is 18.2 Å². The predicted octanol–water partition coefficient (Wildman–Crippen LogP) is 8.19. The number of phenolic OH excluding ortho intramolecular Hbond substituents is 1. The van der Waals surface area contributed by atoms with E-state index in [-0.39, 0.29) is 10.6 Å². The molecule has 4 aliphatic rings. The molecule has 68 heavy (non-hydrogen) atoms. The Morgan fingerprint density at radius 3 is 2.07 bits per heavy atom. The minimum atomic E-state index is -3.63. The maximum atomic E-state index is 14.2. The Morgan fingerprint density at radius 2 is 1.34 bits per heavy atom. The molecule has 0 aliphatic heterocycles. The summed E-state index contributed by atoms with van der Waals surface area (Å²) in [5, 5.41) is 27.4. The van der Waals surface area contributed by atoms with Crippen LogP contribution in [0.5, 0.6) is 11.5 Å². The molecule has 0 spiro atoms. The molecule has 0 saturated heterocycles. The monoisotopic (exact) mass is 1080 g/mol. The number of phenols is 1. The van der Waals surface area contributed by atoms with Gasteiger partial charge in [-0.3, -0.25) is 0 Å². The fourth-order valence-electron chi connectivity index (χ4n) is 12.5. The summed E-state index contributed by atoms with van der Waals surface area (Å²) in [6, 6.07) is 27.8. The first-order chi connectivity index (χ1) is 32.9. The summed E-state index contributed by atoms with van der Waals surface area (Å²) in [4.78, 5) is 0.295. The van der Waals surface area contributed by atoms with Crippen LogP contribution in [0.25, 0.3) is 0 Å². The Balaban J connectivity index is 0.861. The van der Waals surface area contributed by atoms with E-state index in [0.717, 1.165) is 127 Å². The van der Waals surface area contributed by atoms with Gasteiger partial charge in [0.15, 0.2) is 9.84 Å². The molecule has 372 valence electrons. The molecule has 0 amide bonds. The van der Waals surface area contributed by atoms with Crippen molar-refractivity contribution in [3.8, 4) is 11.5 Å². The molecule has 0 aromatic heterocycles. The number of benzene rings is 4. The second-order valence-electron chi connectivity index (χ2n) is 20.9. The molecule has 5 unspecified atom stereocenters. The first-order valence-electron chi connectivity index (χ1n) is 25.9. The minimum absolute atomic E-state index is 0.00754. The van der Waals surface area contributed by atoms with E-state index < -0.39 is 42.5 Å². The van der Waals surface area contributed by atoms with Crippen LogP contribution in [0.3, 0.4) is 0 Å². The molecular formula is C56H76FIN2O6S2. The Morgan fingerprint density at radius 1 is 0.676 bits per heavy atom. The van der Waals surface area contributed by atoms with Crippen molar-refractivity contribution in [2.45, 2.75) is 156 Å². The van der Waals surface area contributed by atoms with Crippen molar-refractivity contribution >= 4 is 16.8 Å². The van der Waals surface area contributed by atoms with Crippen LogP contribution in [0.4, 0.5) is 4.39 Å². The third kappa shape index (κ3) is 13.3. The topological polar surface area (TPSA) is 135 Å². The van der Waals surface area contributed by atoms with Crippen LogP contribution < -0.4 is 30.5 Å². The number of hydrogen-bond acceptors (Lipinski definition) is 7. The van der Waals surface area contributed by atoms with Gasteiger partial charge in [0.05, 0.1) is 5.75 Å². The molecule has 4 aromatic rings. The Kier molecular flexibility index (Phi) is 18.0. The summed E-state index contributed by atoms with van der Waals surface area (Å²) in [7, 11) is -6.78. The van der Waals surface area contributed by atoms with Crippen LogP contribution in [0, 0.1) is 35.4 Å². The van der Waals surface area contributed by atoms with Crippen LogP contribution in [-0.2, 0) is 29.7 Å². The van der Waals surface area contributed by atoms with Gasteiger partial charge < -0.3 is 15.5 Å². The van der Waals surface area contributed by atoms with E-state index in [1.807, 2.05) is 36.4 Å². The first kappa shape index (κ1) is 51.3. The number of rotatable bonds is 21. The van der Waals surface area contributed by atoms with Crippen LogP contribution in [0.1, 0.15) is 144 Å². The Hall–Kier alpha value is -3.04. The second-order valence-corrected chi connectivity index (χ2v) is 30.7. The van der Waals surface area contributed by atoms with Crippen molar-refractivity contribution in [2.75, 3.05) is 23.3 Å². The Bertz CT molecular complexity index is 2480. The number of sulfone groups is 1. The van der Waals surface area contributed by atoms with Crippen molar-refractivity contribution in [1.29, 1.82) is 0 Å². The molecule has 0 radical (unpaired) electrons. The molecule has 2 saturated carbocycles. The zero-order valence-corrected chi connectivity index (χ0v) is 43.9. The number of alkyl halides is 1. The number of hydrogen-bond donors (Lipinski definition) is 3. The van der Waals surface area contributed by atoms with Crippen LogP contribution in [0.2, 0.25) is 0 Å². The molecule has 0 heterocycles. The fourth-order valence-corrected chi connectivity index (χ4v) is 20.7. The third-order valence-electron chi connectivity index (χ3n) is 16.3. The number of fused-ring (bicyclic) bond motifs is 2. The average molecular weight is 1080 g/mol. The van der Waals surface area contributed by atoms with Crippen molar-refractivity contribution in [1.82, 2.24) is 10.6 Å². The van der Waals surface area contributed by atoms with Gasteiger partial charge in [0.1, 0.15) is 16.5 Å². The van der Waals surface area contributed by atoms with Gasteiger partial charge in [-0.15, -0.1) is 0 Å². The van der Waals surface area contributed by atoms with Crippen molar-refractivity contribution in [2.24, 2.45) is 29.6 Å². The summed E-state index contributed by atoms with van der Waals surface area (Å²) < 4.78 is 66.8. The summed E-state index contributed by atoms with van der Waals surface area (Å²) >= 11 is -0.948. The molecule has 2 fully saturated rings. The van der Waals surface area contributed by atoms with E-state index in [4.69, 9.17) is 5.11 Å². The standard InChI is InChI=1S/C56H75FIN2O6S2/c1-2-10-52-50-30-28-47(62)35-45(50)33-44(56(52)60-38-42-24-20-40(21-25-42)36-58-68(65,66)48-13-4-3-5-14-48)12-8-15-51-49-29-27-46(61)34-43(49)26-31-54(51)59-37-41-22-18-39(19-23-41)11-9-32-67(63,64)55-17-7-6-16-53(55)57/h3-7,13-14,16-17,27-30,34-35,39-42,44,51-52,54,56,59-62H,2,8-12,15,18-26,31-33,36-38H2,1H3/q-1/p+1. The molecule has 8 nitrogen and oxygen atoms in total. The third-order valence-corrected chi connectivity index (χ3v) is 25.7. The number of halogens is 2. The van der Waals surface area contributed by atoms with E-state index in [2.05, 4.69) is 35.8 Å². The Labute approximate surface area is 415 Å². The van der Waals surface area contributed by atoms with Gasteiger partial charge >= 0.3 is 217 Å². The normalized spacial score (nSPS) is 26.5. The van der Waals surface area contributed by atoms with E-state index in [1.54, 1.807) is 18.2 Å². The zero-order valence-electron chi connectivity index (χ0n) is 40.1. The number of aromatic hydroxyl groups is 1. The second kappa shape index (κ2) is 23.9. The predicted molar refractivity (Wildman–Crippen MR) is 268 cm³/mol. The van der Waals surface area contributed by atoms with E-state index in [9.17, 15) is 26.3 Å². The van der Waals surface area contributed by atoms with E-state index in [1.165, 1.54) is 40.5 Å². The van der Waals surface area contributed by atoms with E-state index >= 15 is 0 Å². The molecule has 5 atom stereocenters. The average Bonchev–Trinajstić information content (AvgIpc) is 3.33. The molecule has 4 aromatic carbocycles. The summed E-state index contributed by atoms with van der Waals surface area (Å²) in [6.07, 6.45) is 19.0. The van der Waals surface area contributed by atoms with Gasteiger partial charge in [-0.2, -0.15) is 0 Å². The van der Waals surface area contributed by atoms with Crippen molar-refractivity contribution < 1.29 is 51.3 Å². The maximum absolute atomic E-state index is 14.2. The zero-order chi connectivity index (χ0) is 47.7. The summed E-state index contributed by atoms with van der Waals surface area (Å²) in [5.41, 5.74) is 5.43. The van der Waals surface area contributed by atoms with Gasteiger partial charge in [-0.1, -0.05) is 25.0 Å². The molecule has 12 heteroatoms. The van der Waals surface area contributed by atoms with Crippen LogP contribution in [-0.4, -0.2) is 62.4 Å². The van der Waals surface area contributed by atoms with E-state index in [0.29, 0.717) is 76.3 Å².